The minimum absolute atomic E-state index is 0.217. The molecule has 0 aliphatic rings. The SMILES string of the molecule is C/C=C/C=C(\O)CCOC(C)=O. The fraction of sp³-hybridized carbons (Fsp3) is 0.444. The third-order valence-electron chi connectivity index (χ3n) is 1.14. The summed E-state index contributed by atoms with van der Waals surface area (Å²) in [7, 11) is 0. The molecule has 0 atom stereocenters. The van der Waals surface area contributed by atoms with Crippen LogP contribution in [0.3, 0.4) is 0 Å². The van der Waals surface area contributed by atoms with Gasteiger partial charge in [0.25, 0.3) is 0 Å². The summed E-state index contributed by atoms with van der Waals surface area (Å²) in [6.07, 6.45) is 5.47. The number of ether oxygens (including phenoxy) is 1. The smallest absolute Gasteiger partial charge is 0.302 e. The maximum atomic E-state index is 10.3. The molecule has 0 saturated heterocycles. The summed E-state index contributed by atoms with van der Waals surface area (Å²) in [5.74, 6) is -0.108. The molecule has 0 aliphatic carbocycles. The molecule has 0 unspecified atom stereocenters. The first-order chi connectivity index (χ1) is 5.66. The number of hydrogen-bond acceptors (Lipinski definition) is 3. The van der Waals surface area contributed by atoms with Crippen molar-refractivity contribution in [2.75, 3.05) is 6.61 Å². The lowest BCUT2D eigenvalue weighted by Crippen LogP contribution is -2.01. The van der Waals surface area contributed by atoms with Gasteiger partial charge in [-0.2, -0.15) is 0 Å². The average molecular weight is 170 g/mol. The molecule has 0 aromatic heterocycles. The number of esters is 1. The first kappa shape index (κ1) is 10.8. The molecule has 68 valence electrons. The highest BCUT2D eigenvalue weighted by atomic mass is 16.5. The highest BCUT2D eigenvalue weighted by molar-refractivity contribution is 5.65. The number of carbonyl (C=O) groups is 1. The van der Waals surface area contributed by atoms with Gasteiger partial charge in [-0.3, -0.25) is 4.79 Å². The second-order valence-electron chi connectivity index (χ2n) is 2.27. The lowest BCUT2D eigenvalue weighted by atomic mass is 10.3. The van der Waals surface area contributed by atoms with Gasteiger partial charge in [-0.15, -0.1) is 0 Å². The summed E-state index contributed by atoms with van der Waals surface area (Å²) in [6, 6.07) is 0. The summed E-state index contributed by atoms with van der Waals surface area (Å²) >= 11 is 0. The van der Waals surface area contributed by atoms with E-state index >= 15 is 0 Å². The van der Waals surface area contributed by atoms with Crippen molar-refractivity contribution < 1.29 is 14.6 Å². The van der Waals surface area contributed by atoms with E-state index in [9.17, 15) is 4.79 Å². The maximum absolute atomic E-state index is 10.3. The van der Waals surface area contributed by atoms with Crippen LogP contribution >= 0.6 is 0 Å². The Morgan fingerprint density at radius 1 is 1.58 bits per heavy atom. The van der Waals surface area contributed by atoms with Gasteiger partial charge in [0.1, 0.15) is 0 Å². The summed E-state index contributed by atoms with van der Waals surface area (Å²) in [6.45, 7) is 3.43. The van der Waals surface area contributed by atoms with E-state index in [4.69, 9.17) is 5.11 Å². The molecular formula is C9H14O3. The van der Waals surface area contributed by atoms with Gasteiger partial charge in [0, 0.05) is 13.3 Å². The molecule has 0 fully saturated rings. The second kappa shape index (κ2) is 6.46. The molecule has 0 saturated carbocycles. The van der Waals surface area contributed by atoms with Crippen LogP contribution in [0.5, 0.6) is 0 Å². The zero-order valence-electron chi connectivity index (χ0n) is 7.41. The molecular weight excluding hydrogens is 156 g/mol. The van der Waals surface area contributed by atoms with Gasteiger partial charge in [0.05, 0.1) is 12.4 Å². The Morgan fingerprint density at radius 3 is 2.75 bits per heavy atom. The van der Waals surface area contributed by atoms with E-state index in [1.54, 1.807) is 12.2 Å². The van der Waals surface area contributed by atoms with Gasteiger partial charge >= 0.3 is 5.97 Å². The van der Waals surface area contributed by atoms with Crippen LogP contribution in [-0.4, -0.2) is 17.7 Å². The zero-order valence-corrected chi connectivity index (χ0v) is 7.41. The Bertz CT molecular complexity index is 192. The molecule has 0 heterocycles. The van der Waals surface area contributed by atoms with Crippen LogP contribution in [0.2, 0.25) is 0 Å². The topological polar surface area (TPSA) is 46.5 Å². The number of allylic oxidation sites excluding steroid dienone is 3. The number of aliphatic hydroxyl groups excluding tert-OH is 1. The van der Waals surface area contributed by atoms with Crippen LogP contribution in [0.4, 0.5) is 0 Å². The van der Waals surface area contributed by atoms with E-state index < -0.39 is 0 Å². The van der Waals surface area contributed by atoms with Gasteiger partial charge in [0.15, 0.2) is 0 Å². The Kier molecular flexibility index (Phi) is 5.79. The fourth-order valence-corrected chi connectivity index (χ4v) is 0.590. The highest BCUT2D eigenvalue weighted by Gasteiger charge is 1.94. The van der Waals surface area contributed by atoms with Crippen molar-refractivity contribution in [3.63, 3.8) is 0 Å². The Labute approximate surface area is 72.3 Å². The maximum Gasteiger partial charge on any atom is 0.302 e. The van der Waals surface area contributed by atoms with Crippen LogP contribution in [0.25, 0.3) is 0 Å². The Hall–Kier alpha value is -1.25. The lowest BCUT2D eigenvalue weighted by Gasteiger charge is -1.99. The van der Waals surface area contributed by atoms with E-state index in [-0.39, 0.29) is 18.3 Å². The molecule has 0 radical (unpaired) electrons. The quantitative estimate of drug-likeness (QED) is 0.398. The summed E-state index contributed by atoms with van der Waals surface area (Å²) in [4.78, 5) is 10.3. The molecule has 3 nitrogen and oxygen atoms in total. The van der Waals surface area contributed by atoms with Gasteiger partial charge in [-0.1, -0.05) is 12.2 Å². The largest absolute Gasteiger partial charge is 0.512 e. The number of rotatable bonds is 4. The van der Waals surface area contributed by atoms with Crippen molar-refractivity contribution in [1.82, 2.24) is 0 Å². The van der Waals surface area contributed by atoms with E-state index in [1.807, 2.05) is 13.0 Å². The van der Waals surface area contributed by atoms with Crippen molar-refractivity contribution in [3.05, 3.63) is 24.0 Å². The minimum atomic E-state index is -0.325. The Balaban J connectivity index is 3.56. The van der Waals surface area contributed by atoms with E-state index in [0.29, 0.717) is 6.42 Å². The normalized spacial score (nSPS) is 12.0. The van der Waals surface area contributed by atoms with Crippen molar-refractivity contribution in [1.29, 1.82) is 0 Å². The third kappa shape index (κ3) is 6.86. The van der Waals surface area contributed by atoms with Crippen molar-refractivity contribution in [3.8, 4) is 0 Å². The minimum Gasteiger partial charge on any atom is -0.512 e. The van der Waals surface area contributed by atoms with Crippen molar-refractivity contribution >= 4 is 5.97 Å². The summed E-state index contributed by atoms with van der Waals surface area (Å²) in [5, 5.41) is 9.11. The molecule has 12 heavy (non-hydrogen) atoms. The lowest BCUT2D eigenvalue weighted by molar-refractivity contribution is -0.140. The summed E-state index contributed by atoms with van der Waals surface area (Å²) < 4.78 is 4.63. The van der Waals surface area contributed by atoms with E-state index in [0.717, 1.165) is 0 Å². The average Bonchev–Trinajstić information content (AvgIpc) is 2.00. The molecule has 1 N–H and O–H groups in total. The predicted molar refractivity (Wildman–Crippen MR) is 46.8 cm³/mol. The molecule has 3 heteroatoms. The van der Waals surface area contributed by atoms with Crippen LogP contribution < -0.4 is 0 Å². The van der Waals surface area contributed by atoms with Gasteiger partial charge < -0.3 is 9.84 Å². The zero-order chi connectivity index (χ0) is 9.40. The highest BCUT2D eigenvalue weighted by Crippen LogP contribution is 1.97. The van der Waals surface area contributed by atoms with Crippen molar-refractivity contribution in [2.24, 2.45) is 0 Å². The number of carbonyl (C=O) groups excluding carboxylic acids is 1. The van der Waals surface area contributed by atoms with E-state index in [1.165, 1.54) is 6.92 Å². The van der Waals surface area contributed by atoms with Gasteiger partial charge in [0.2, 0.25) is 0 Å². The molecule has 0 rings (SSSR count). The van der Waals surface area contributed by atoms with E-state index in [2.05, 4.69) is 4.74 Å². The van der Waals surface area contributed by atoms with Crippen LogP contribution in [-0.2, 0) is 9.53 Å². The fourth-order valence-electron chi connectivity index (χ4n) is 0.590. The third-order valence-corrected chi connectivity index (χ3v) is 1.14. The molecule has 0 amide bonds. The molecule has 0 spiro atoms. The number of aliphatic hydroxyl groups is 1. The monoisotopic (exact) mass is 170 g/mol. The molecule has 0 aliphatic heterocycles. The molecule has 0 aromatic rings. The number of hydrogen-bond donors (Lipinski definition) is 1. The predicted octanol–water partition coefficient (Wildman–Crippen LogP) is 1.96. The van der Waals surface area contributed by atoms with Crippen molar-refractivity contribution in [2.45, 2.75) is 20.3 Å². The Morgan fingerprint density at radius 2 is 2.25 bits per heavy atom. The first-order valence-electron chi connectivity index (χ1n) is 3.81. The second-order valence-corrected chi connectivity index (χ2v) is 2.27. The molecule has 0 aromatic carbocycles. The van der Waals surface area contributed by atoms with Crippen LogP contribution in [0.15, 0.2) is 24.0 Å². The van der Waals surface area contributed by atoms with Gasteiger partial charge in [-0.05, 0) is 13.0 Å². The standard InChI is InChI=1S/C9H14O3/c1-3-4-5-9(11)6-7-12-8(2)10/h3-5,11H,6-7H2,1-2H3/b4-3+,9-5-. The molecule has 0 bridgehead atoms. The van der Waals surface area contributed by atoms with Crippen LogP contribution in [0.1, 0.15) is 20.3 Å². The van der Waals surface area contributed by atoms with Crippen LogP contribution in [0, 0.1) is 0 Å². The summed E-state index contributed by atoms with van der Waals surface area (Å²) in [5.41, 5.74) is 0. The van der Waals surface area contributed by atoms with Gasteiger partial charge in [-0.25, -0.2) is 0 Å². The first-order valence-corrected chi connectivity index (χ1v) is 3.81.